The molecule has 0 saturated carbocycles. The van der Waals surface area contributed by atoms with Gasteiger partial charge in [-0.2, -0.15) is 0 Å². The van der Waals surface area contributed by atoms with Crippen molar-refractivity contribution in [2.45, 2.75) is 53.9 Å². The highest BCUT2D eigenvalue weighted by Gasteiger charge is 2.26. The monoisotopic (exact) mass is 437 g/mol. The van der Waals surface area contributed by atoms with Gasteiger partial charge in [0.2, 0.25) is 5.91 Å². The molecule has 2 rings (SSSR count). The molecule has 2 aromatic carbocycles. The van der Waals surface area contributed by atoms with Crippen LogP contribution in [0.25, 0.3) is 6.08 Å². The Hall–Kier alpha value is -3.08. The summed E-state index contributed by atoms with van der Waals surface area (Å²) in [6.07, 6.45) is 2.65. The zero-order valence-electron chi connectivity index (χ0n) is 19.5. The lowest BCUT2D eigenvalue weighted by molar-refractivity contribution is -0.124. The van der Waals surface area contributed by atoms with Gasteiger partial charge in [-0.25, -0.2) is 4.39 Å². The molecule has 0 fully saturated rings. The van der Waals surface area contributed by atoms with Crippen molar-refractivity contribution in [1.29, 1.82) is 0 Å². The molecular weight excluding hydrogens is 405 g/mol. The van der Waals surface area contributed by atoms with E-state index < -0.39 is 11.3 Å². The zero-order chi connectivity index (χ0) is 23.9. The van der Waals surface area contributed by atoms with E-state index in [-0.39, 0.29) is 29.7 Å². The van der Waals surface area contributed by atoms with E-state index in [1.807, 2.05) is 32.9 Å². The van der Waals surface area contributed by atoms with Gasteiger partial charge in [0, 0.05) is 29.5 Å². The molecule has 0 spiro atoms. The second-order valence-electron chi connectivity index (χ2n) is 8.91. The van der Waals surface area contributed by atoms with Gasteiger partial charge in [0.15, 0.2) is 5.78 Å². The first-order valence-corrected chi connectivity index (χ1v) is 11.0. The predicted molar refractivity (Wildman–Crippen MR) is 127 cm³/mol. The number of anilines is 1. The van der Waals surface area contributed by atoms with Crippen molar-refractivity contribution < 1.29 is 18.8 Å². The lowest BCUT2D eigenvalue weighted by atomic mass is 9.83. The first-order chi connectivity index (χ1) is 15.0. The Balaban J connectivity index is 2.33. The molecular formula is C27H32FNO3. The lowest BCUT2D eigenvalue weighted by Crippen LogP contribution is -2.27. The molecule has 0 heterocycles. The number of nitrogens with one attached hydrogen (secondary N) is 1. The van der Waals surface area contributed by atoms with E-state index in [9.17, 15) is 18.8 Å². The van der Waals surface area contributed by atoms with Crippen LogP contribution >= 0.6 is 0 Å². The number of hydrogen-bond acceptors (Lipinski definition) is 3. The van der Waals surface area contributed by atoms with E-state index in [1.165, 1.54) is 12.1 Å². The largest absolute Gasteiger partial charge is 0.326 e. The standard InChI is InChI=1S/C27H32FNO3/c1-6-24(30)22(16-18-8-12-20(28)13-9-18)23(25(31)7-2)17-19-10-14-21(15-11-19)29-26(32)27(3,4)5/h8-16,23H,6-7,17H2,1-5H3,(H,29,32)/b22-16+. The van der Waals surface area contributed by atoms with Crippen molar-refractivity contribution >= 4 is 29.2 Å². The van der Waals surface area contributed by atoms with Crippen molar-refractivity contribution in [1.82, 2.24) is 0 Å². The number of benzene rings is 2. The highest BCUT2D eigenvalue weighted by Crippen LogP contribution is 2.26. The highest BCUT2D eigenvalue weighted by molar-refractivity contribution is 6.05. The van der Waals surface area contributed by atoms with Crippen molar-refractivity contribution in [3.8, 4) is 0 Å². The smallest absolute Gasteiger partial charge is 0.229 e. The van der Waals surface area contributed by atoms with Crippen LogP contribution in [0.1, 0.15) is 58.6 Å². The molecule has 170 valence electrons. The van der Waals surface area contributed by atoms with E-state index >= 15 is 0 Å². The third kappa shape index (κ3) is 6.98. The quantitative estimate of drug-likeness (QED) is 0.489. The summed E-state index contributed by atoms with van der Waals surface area (Å²) in [4.78, 5) is 37.8. The summed E-state index contributed by atoms with van der Waals surface area (Å²) in [5, 5.41) is 2.88. The fraction of sp³-hybridized carbons (Fsp3) is 0.370. The molecule has 32 heavy (non-hydrogen) atoms. The SMILES string of the molecule is CCC(=O)/C(=C/c1ccc(F)cc1)C(Cc1ccc(NC(=O)C(C)(C)C)cc1)C(=O)CC. The number of carbonyl (C=O) groups is 3. The van der Waals surface area contributed by atoms with E-state index in [1.54, 1.807) is 44.2 Å². The van der Waals surface area contributed by atoms with Gasteiger partial charge in [-0.3, -0.25) is 14.4 Å². The first-order valence-electron chi connectivity index (χ1n) is 11.0. The fourth-order valence-electron chi connectivity index (χ4n) is 3.24. The predicted octanol–water partition coefficient (Wildman–Crippen LogP) is 6.01. The van der Waals surface area contributed by atoms with Crippen LogP contribution in [-0.4, -0.2) is 17.5 Å². The maximum atomic E-state index is 13.3. The van der Waals surface area contributed by atoms with Crippen LogP contribution < -0.4 is 5.32 Å². The van der Waals surface area contributed by atoms with E-state index in [0.717, 1.165) is 5.56 Å². The molecule has 1 atom stereocenters. The third-order valence-electron chi connectivity index (χ3n) is 5.28. The average molecular weight is 438 g/mol. The minimum atomic E-state index is -0.590. The molecule has 0 aliphatic rings. The summed E-state index contributed by atoms with van der Waals surface area (Å²) in [7, 11) is 0. The minimum absolute atomic E-state index is 0.0229. The second kappa shape index (κ2) is 11.0. The molecule has 0 aliphatic carbocycles. The van der Waals surface area contributed by atoms with Crippen molar-refractivity contribution in [2.75, 3.05) is 5.32 Å². The maximum absolute atomic E-state index is 13.3. The minimum Gasteiger partial charge on any atom is -0.326 e. The van der Waals surface area contributed by atoms with Crippen molar-refractivity contribution in [2.24, 2.45) is 11.3 Å². The van der Waals surface area contributed by atoms with Gasteiger partial charge in [-0.15, -0.1) is 0 Å². The van der Waals surface area contributed by atoms with Gasteiger partial charge in [-0.1, -0.05) is 58.9 Å². The lowest BCUT2D eigenvalue weighted by Gasteiger charge is -2.20. The van der Waals surface area contributed by atoms with Gasteiger partial charge in [-0.05, 0) is 47.9 Å². The topological polar surface area (TPSA) is 63.2 Å². The molecule has 0 bridgehead atoms. The number of rotatable bonds is 9. The number of hydrogen-bond donors (Lipinski definition) is 1. The Morgan fingerprint density at radius 2 is 1.53 bits per heavy atom. The molecule has 0 radical (unpaired) electrons. The van der Waals surface area contributed by atoms with Crippen LogP contribution in [0.3, 0.4) is 0 Å². The van der Waals surface area contributed by atoms with E-state index in [4.69, 9.17) is 0 Å². The summed E-state index contributed by atoms with van der Waals surface area (Å²) < 4.78 is 13.3. The first kappa shape index (κ1) is 25.2. The Labute approximate surface area is 189 Å². The Morgan fingerprint density at radius 3 is 2.03 bits per heavy atom. The number of ketones is 2. The second-order valence-corrected chi connectivity index (χ2v) is 8.91. The fourth-order valence-corrected chi connectivity index (χ4v) is 3.24. The van der Waals surface area contributed by atoms with Crippen LogP contribution in [0.15, 0.2) is 54.1 Å². The molecule has 0 aliphatic heterocycles. The molecule has 0 saturated heterocycles. The third-order valence-corrected chi connectivity index (χ3v) is 5.28. The summed E-state index contributed by atoms with van der Waals surface area (Å²) in [6, 6.07) is 13.2. The van der Waals surface area contributed by atoms with Gasteiger partial charge in [0.05, 0.1) is 5.92 Å². The van der Waals surface area contributed by atoms with Crippen LogP contribution in [0.5, 0.6) is 0 Å². The van der Waals surface area contributed by atoms with Gasteiger partial charge in [0.25, 0.3) is 0 Å². The summed E-state index contributed by atoms with van der Waals surface area (Å²) >= 11 is 0. The number of carbonyl (C=O) groups excluding carboxylic acids is 3. The molecule has 5 heteroatoms. The number of halogens is 1. The number of amides is 1. The number of allylic oxidation sites excluding steroid dienone is 1. The van der Waals surface area contributed by atoms with Crippen LogP contribution in [0.2, 0.25) is 0 Å². The van der Waals surface area contributed by atoms with Gasteiger partial charge < -0.3 is 5.32 Å². The van der Waals surface area contributed by atoms with E-state index in [2.05, 4.69) is 5.32 Å². The average Bonchev–Trinajstić information content (AvgIpc) is 2.76. The van der Waals surface area contributed by atoms with Crippen LogP contribution in [-0.2, 0) is 20.8 Å². The maximum Gasteiger partial charge on any atom is 0.229 e. The highest BCUT2D eigenvalue weighted by atomic mass is 19.1. The van der Waals surface area contributed by atoms with Crippen LogP contribution in [0, 0.1) is 17.2 Å². The van der Waals surface area contributed by atoms with Crippen LogP contribution in [0.4, 0.5) is 10.1 Å². The molecule has 1 unspecified atom stereocenters. The number of Topliss-reactive ketones (excluding diaryl/α,β-unsaturated/α-hetero) is 2. The van der Waals surface area contributed by atoms with Gasteiger partial charge in [0.1, 0.15) is 11.6 Å². The van der Waals surface area contributed by atoms with Gasteiger partial charge >= 0.3 is 0 Å². The Morgan fingerprint density at radius 1 is 0.938 bits per heavy atom. The van der Waals surface area contributed by atoms with Crippen molar-refractivity contribution in [3.05, 3.63) is 71.0 Å². The molecule has 0 aromatic heterocycles. The molecule has 2 aromatic rings. The summed E-state index contributed by atoms with van der Waals surface area (Å²) in [6.45, 7) is 9.08. The summed E-state index contributed by atoms with van der Waals surface area (Å²) in [5.41, 5.74) is 2.18. The zero-order valence-corrected chi connectivity index (χ0v) is 19.5. The summed E-state index contributed by atoms with van der Waals surface area (Å²) in [5.74, 6) is -1.15. The van der Waals surface area contributed by atoms with Crippen molar-refractivity contribution in [3.63, 3.8) is 0 Å². The Bertz CT molecular complexity index is 983. The Kier molecular flexibility index (Phi) is 8.64. The molecule has 1 amide bonds. The molecule has 1 N–H and O–H groups in total. The molecule has 4 nitrogen and oxygen atoms in total. The normalized spacial score (nSPS) is 12.9. The van der Waals surface area contributed by atoms with E-state index in [0.29, 0.717) is 29.7 Å².